The number of likely N-dealkylation sites (tertiary alicyclic amines) is 1. The Morgan fingerprint density at radius 1 is 1.26 bits per heavy atom. The predicted molar refractivity (Wildman–Crippen MR) is 84.5 cm³/mol. The number of thiophene rings is 1. The highest BCUT2D eigenvalue weighted by atomic mass is 32.1. The molecule has 1 fully saturated rings. The molecule has 108 valence electrons. The van der Waals surface area contributed by atoms with Gasteiger partial charge in [-0.3, -0.25) is 4.90 Å². The SMILES string of the molecule is CCNCc1ccc(CN2CC(C)CC(C)C2C)s1. The monoisotopic (exact) mass is 280 g/mol. The zero-order chi connectivity index (χ0) is 13.8. The molecule has 2 nitrogen and oxygen atoms in total. The van der Waals surface area contributed by atoms with Gasteiger partial charge in [0.1, 0.15) is 0 Å². The summed E-state index contributed by atoms with van der Waals surface area (Å²) >= 11 is 1.97. The van der Waals surface area contributed by atoms with Crippen LogP contribution in [0.3, 0.4) is 0 Å². The average molecular weight is 280 g/mol. The predicted octanol–water partition coefficient (Wildman–Crippen LogP) is 3.72. The Morgan fingerprint density at radius 2 is 2.00 bits per heavy atom. The van der Waals surface area contributed by atoms with Gasteiger partial charge in [-0.2, -0.15) is 0 Å². The lowest BCUT2D eigenvalue weighted by atomic mass is 9.86. The second-order valence-electron chi connectivity index (χ2n) is 6.14. The highest BCUT2D eigenvalue weighted by molar-refractivity contribution is 7.11. The fourth-order valence-electron chi connectivity index (χ4n) is 3.09. The van der Waals surface area contributed by atoms with Crippen molar-refractivity contribution in [2.45, 2.75) is 53.2 Å². The van der Waals surface area contributed by atoms with E-state index in [0.29, 0.717) is 0 Å². The fraction of sp³-hybridized carbons (Fsp3) is 0.750. The molecule has 0 aliphatic carbocycles. The summed E-state index contributed by atoms with van der Waals surface area (Å²) < 4.78 is 0. The van der Waals surface area contributed by atoms with Crippen molar-refractivity contribution in [2.24, 2.45) is 11.8 Å². The first kappa shape index (κ1) is 15.0. The zero-order valence-electron chi connectivity index (χ0n) is 12.8. The summed E-state index contributed by atoms with van der Waals surface area (Å²) in [5.74, 6) is 1.66. The topological polar surface area (TPSA) is 15.3 Å². The van der Waals surface area contributed by atoms with Gasteiger partial charge >= 0.3 is 0 Å². The van der Waals surface area contributed by atoms with Gasteiger partial charge in [0.2, 0.25) is 0 Å². The molecular formula is C16H28N2S. The number of nitrogens with one attached hydrogen (secondary N) is 1. The molecule has 1 N–H and O–H groups in total. The van der Waals surface area contributed by atoms with Gasteiger partial charge in [0.05, 0.1) is 0 Å². The first-order valence-corrected chi connectivity index (χ1v) is 8.44. The Bertz CT molecular complexity index is 388. The molecule has 2 heterocycles. The van der Waals surface area contributed by atoms with Gasteiger partial charge in [-0.15, -0.1) is 11.3 Å². The molecule has 0 spiro atoms. The Balaban J connectivity index is 1.94. The first-order valence-electron chi connectivity index (χ1n) is 7.62. The van der Waals surface area contributed by atoms with Crippen LogP contribution in [-0.4, -0.2) is 24.0 Å². The minimum Gasteiger partial charge on any atom is -0.312 e. The molecule has 0 aromatic carbocycles. The van der Waals surface area contributed by atoms with E-state index < -0.39 is 0 Å². The summed E-state index contributed by atoms with van der Waals surface area (Å²) in [6.45, 7) is 13.8. The lowest BCUT2D eigenvalue weighted by Crippen LogP contribution is -2.44. The molecule has 1 aromatic heterocycles. The first-order chi connectivity index (χ1) is 9.10. The normalized spacial score (nSPS) is 28.7. The molecule has 3 atom stereocenters. The maximum Gasteiger partial charge on any atom is 0.0331 e. The van der Waals surface area contributed by atoms with E-state index in [1.165, 1.54) is 22.7 Å². The summed E-state index contributed by atoms with van der Waals surface area (Å²) in [5.41, 5.74) is 0. The van der Waals surface area contributed by atoms with Crippen LogP contribution in [0.5, 0.6) is 0 Å². The zero-order valence-corrected chi connectivity index (χ0v) is 13.6. The number of hydrogen-bond acceptors (Lipinski definition) is 3. The van der Waals surface area contributed by atoms with Gasteiger partial charge in [0, 0.05) is 35.4 Å². The van der Waals surface area contributed by atoms with Crippen LogP contribution in [0, 0.1) is 11.8 Å². The second kappa shape index (κ2) is 6.87. The lowest BCUT2D eigenvalue weighted by molar-refractivity contribution is 0.0739. The van der Waals surface area contributed by atoms with E-state index in [9.17, 15) is 0 Å². The van der Waals surface area contributed by atoms with Crippen molar-refractivity contribution in [3.05, 3.63) is 21.9 Å². The molecule has 0 radical (unpaired) electrons. The molecule has 1 aliphatic heterocycles. The summed E-state index contributed by atoms with van der Waals surface area (Å²) in [6, 6.07) is 5.31. The van der Waals surface area contributed by atoms with Gasteiger partial charge in [0.25, 0.3) is 0 Å². The molecule has 1 aromatic rings. The van der Waals surface area contributed by atoms with E-state index in [1.54, 1.807) is 0 Å². The Labute approximate surface area is 122 Å². The third kappa shape index (κ3) is 4.04. The standard InChI is InChI=1S/C16H28N2S/c1-5-17-9-15-6-7-16(19-15)11-18-10-12(2)8-13(3)14(18)4/h6-7,12-14,17H,5,8-11H2,1-4H3. The van der Waals surface area contributed by atoms with E-state index >= 15 is 0 Å². The van der Waals surface area contributed by atoms with Crippen molar-refractivity contribution < 1.29 is 0 Å². The van der Waals surface area contributed by atoms with Crippen LogP contribution in [0.2, 0.25) is 0 Å². The Kier molecular flexibility index (Phi) is 5.43. The Morgan fingerprint density at radius 3 is 2.74 bits per heavy atom. The number of hydrogen-bond donors (Lipinski definition) is 1. The number of rotatable bonds is 5. The summed E-state index contributed by atoms with van der Waals surface area (Å²) in [5, 5.41) is 3.40. The van der Waals surface area contributed by atoms with Crippen molar-refractivity contribution in [3.8, 4) is 0 Å². The minimum atomic E-state index is 0.718. The molecule has 1 aliphatic rings. The lowest BCUT2D eigenvalue weighted by Gasteiger charge is -2.40. The minimum absolute atomic E-state index is 0.718. The fourth-order valence-corrected chi connectivity index (χ4v) is 4.11. The van der Waals surface area contributed by atoms with Gasteiger partial charge in [-0.05, 0) is 43.9 Å². The molecule has 0 bridgehead atoms. The summed E-state index contributed by atoms with van der Waals surface area (Å²) in [6.07, 6.45) is 1.38. The molecule has 3 heteroatoms. The third-order valence-corrected chi connectivity index (χ3v) is 5.42. The van der Waals surface area contributed by atoms with Crippen LogP contribution in [0.1, 0.15) is 43.9 Å². The van der Waals surface area contributed by atoms with E-state index in [0.717, 1.165) is 37.5 Å². The van der Waals surface area contributed by atoms with Crippen molar-refractivity contribution in [2.75, 3.05) is 13.1 Å². The van der Waals surface area contributed by atoms with Crippen molar-refractivity contribution in [1.82, 2.24) is 10.2 Å². The molecule has 3 unspecified atom stereocenters. The van der Waals surface area contributed by atoms with Gasteiger partial charge in [0.15, 0.2) is 0 Å². The molecule has 0 amide bonds. The van der Waals surface area contributed by atoms with Gasteiger partial charge in [-0.1, -0.05) is 20.8 Å². The van der Waals surface area contributed by atoms with Crippen LogP contribution in [0.15, 0.2) is 12.1 Å². The Hall–Kier alpha value is -0.380. The molecule has 0 saturated carbocycles. The maximum absolute atomic E-state index is 3.40. The highest BCUT2D eigenvalue weighted by Gasteiger charge is 2.28. The summed E-state index contributed by atoms with van der Waals surface area (Å²) in [4.78, 5) is 5.64. The van der Waals surface area contributed by atoms with Gasteiger partial charge in [-0.25, -0.2) is 0 Å². The van der Waals surface area contributed by atoms with Crippen molar-refractivity contribution in [1.29, 1.82) is 0 Å². The highest BCUT2D eigenvalue weighted by Crippen LogP contribution is 2.29. The third-order valence-electron chi connectivity index (χ3n) is 4.35. The van der Waals surface area contributed by atoms with E-state index in [-0.39, 0.29) is 0 Å². The second-order valence-corrected chi connectivity index (χ2v) is 7.39. The van der Waals surface area contributed by atoms with Crippen LogP contribution >= 0.6 is 11.3 Å². The maximum atomic E-state index is 3.40. The van der Waals surface area contributed by atoms with Gasteiger partial charge < -0.3 is 5.32 Å². The average Bonchev–Trinajstić information content (AvgIpc) is 2.80. The van der Waals surface area contributed by atoms with Crippen LogP contribution in [0.25, 0.3) is 0 Å². The molecule has 1 saturated heterocycles. The molecule has 19 heavy (non-hydrogen) atoms. The van der Waals surface area contributed by atoms with Crippen molar-refractivity contribution in [3.63, 3.8) is 0 Å². The van der Waals surface area contributed by atoms with Crippen LogP contribution in [-0.2, 0) is 13.1 Å². The van der Waals surface area contributed by atoms with E-state index in [1.807, 2.05) is 11.3 Å². The van der Waals surface area contributed by atoms with E-state index in [4.69, 9.17) is 0 Å². The summed E-state index contributed by atoms with van der Waals surface area (Å²) in [7, 11) is 0. The number of nitrogens with zero attached hydrogens (tertiary/aromatic N) is 1. The molecular weight excluding hydrogens is 252 g/mol. The van der Waals surface area contributed by atoms with Crippen LogP contribution < -0.4 is 5.32 Å². The number of piperidine rings is 1. The molecule has 2 rings (SSSR count). The largest absolute Gasteiger partial charge is 0.312 e. The van der Waals surface area contributed by atoms with Crippen LogP contribution in [0.4, 0.5) is 0 Å². The quantitative estimate of drug-likeness (QED) is 0.884. The smallest absolute Gasteiger partial charge is 0.0331 e. The van der Waals surface area contributed by atoms with E-state index in [2.05, 4.69) is 50.0 Å². The van der Waals surface area contributed by atoms with Crippen molar-refractivity contribution >= 4 is 11.3 Å².